The summed E-state index contributed by atoms with van der Waals surface area (Å²) in [4.78, 5) is 25.2. The zero-order chi connectivity index (χ0) is 12.2. The van der Waals surface area contributed by atoms with Gasteiger partial charge in [0.25, 0.3) is 5.56 Å². The van der Waals surface area contributed by atoms with Crippen molar-refractivity contribution in [3.05, 3.63) is 27.0 Å². The van der Waals surface area contributed by atoms with Crippen molar-refractivity contribution >= 4 is 10.0 Å². The predicted molar refractivity (Wildman–Crippen MR) is 54.7 cm³/mol. The molecular formula is C7H11N3O5S. The lowest BCUT2D eigenvalue weighted by Gasteiger charge is -2.04. The quantitative estimate of drug-likeness (QED) is 0.520. The minimum Gasteiger partial charge on any atom is -0.383 e. The molecule has 0 aromatic carbocycles. The Morgan fingerprint density at radius 3 is 2.69 bits per heavy atom. The summed E-state index contributed by atoms with van der Waals surface area (Å²) in [6.45, 7) is 0.220. The molecule has 0 atom stereocenters. The van der Waals surface area contributed by atoms with E-state index in [1.807, 2.05) is 4.98 Å². The summed E-state index contributed by atoms with van der Waals surface area (Å²) < 4.78 is 29.9. The Morgan fingerprint density at radius 1 is 1.44 bits per heavy atom. The summed E-state index contributed by atoms with van der Waals surface area (Å²) in [7, 11) is -2.51. The molecule has 0 unspecified atom stereocenters. The second-order valence-electron chi connectivity index (χ2n) is 2.83. The standard InChI is InChI=1S/C7H11N3O5S/c1-15-3-2-9-16(13,14)5-4-8-7(12)10-6(5)11/h4,9H,2-3H2,1H3,(H2,8,10,11,12). The van der Waals surface area contributed by atoms with Crippen LogP contribution in [0.25, 0.3) is 0 Å². The van der Waals surface area contributed by atoms with E-state index < -0.39 is 26.2 Å². The number of ether oxygens (including phenoxy) is 1. The first-order chi connectivity index (χ1) is 7.47. The highest BCUT2D eigenvalue weighted by molar-refractivity contribution is 7.89. The summed E-state index contributed by atoms with van der Waals surface area (Å²) in [5.41, 5.74) is -1.73. The topological polar surface area (TPSA) is 121 Å². The van der Waals surface area contributed by atoms with Crippen molar-refractivity contribution in [1.29, 1.82) is 0 Å². The van der Waals surface area contributed by atoms with Crippen molar-refractivity contribution in [2.24, 2.45) is 0 Å². The van der Waals surface area contributed by atoms with Gasteiger partial charge in [-0.1, -0.05) is 0 Å². The largest absolute Gasteiger partial charge is 0.383 e. The van der Waals surface area contributed by atoms with Gasteiger partial charge in [-0.25, -0.2) is 17.9 Å². The van der Waals surface area contributed by atoms with Crippen molar-refractivity contribution in [3.8, 4) is 0 Å². The first-order valence-electron chi connectivity index (χ1n) is 4.28. The van der Waals surface area contributed by atoms with Crippen LogP contribution < -0.4 is 16.0 Å². The van der Waals surface area contributed by atoms with E-state index in [9.17, 15) is 18.0 Å². The van der Waals surface area contributed by atoms with Crippen molar-refractivity contribution in [3.63, 3.8) is 0 Å². The molecule has 0 fully saturated rings. The molecule has 0 saturated carbocycles. The second-order valence-corrected chi connectivity index (χ2v) is 4.56. The molecule has 9 heteroatoms. The SMILES string of the molecule is COCCNS(=O)(=O)c1c[nH]c(=O)[nH]c1=O. The van der Waals surface area contributed by atoms with E-state index in [-0.39, 0.29) is 13.2 Å². The highest BCUT2D eigenvalue weighted by atomic mass is 32.2. The average molecular weight is 249 g/mol. The predicted octanol–water partition coefficient (Wildman–Crippen LogP) is -2.01. The molecule has 0 spiro atoms. The van der Waals surface area contributed by atoms with E-state index >= 15 is 0 Å². The normalized spacial score (nSPS) is 11.6. The summed E-state index contributed by atoms with van der Waals surface area (Å²) >= 11 is 0. The van der Waals surface area contributed by atoms with Gasteiger partial charge in [-0.05, 0) is 0 Å². The fourth-order valence-electron chi connectivity index (χ4n) is 0.953. The third-order valence-corrected chi connectivity index (χ3v) is 3.14. The van der Waals surface area contributed by atoms with Gasteiger partial charge in [0.2, 0.25) is 10.0 Å². The first kappa shape index (κ1) is 12.6. The van der Waals surface area contributed by atoms with Crippen LogP contribution in [0.1, 0.15) is 0 Å². The smallest absolute Gasteiger partial charge is 0.325 e. The van der Waals surface area contributed by atoms with Gasteiger partial charge in [-0.15, -0.1) is 0 Å². The lowest BCUT2D eigenvalue weighted by atomic mass is 10.7. The minimum absolute atomic E-state index is 0.0391. The number of sulfonamides is 1. The van der Waals surface area contributed by atoms with Gasteiger partial charge < -0.3 is 9.72 Å². The van der Waals surface area contributed by atoms with Gasteiger partial charge in [0.15, 0.2) is 4.90 Å². The van der Waals surface area contributed by atoms with Crippen LogP contribution >= 0.6 is 0 Å². The highest BCUT2D eigenvalue weighted by Crippen LogP contribution is 1.96. The van der Waals surface area contributed by atoms with Crippen molar-refractivity contribution < 1.29 is 13.2 Å². The summed E-state index contributed by atoms with van der Waals surface area (Å²) in [5.74, 6) is 0. The molecule has 8 nitrogen and oxygen atoms in total. The Kier molecular flexibility index (Phi) is 3.99. The van der Waals surface area contributed by atoms with Gasteiger partial charge in [0, 0.05) is 19.9 Å². The molecular weight excluding hydrogens is 238 g/mol. The maximum Gasteiger partial charge on any atom is 0.325 e. The average Bonchev–Trinajstić information content (AvgIpc) is 2.17. The molecule has 0 aliphatic rings. The monoisotopic (exact) mass is 249 g/mol. The Morgan fingerprint density at radius 2 is 2.12 bits per heavy atom. The molecule has 0 saturated heterocycles. The minimum atomic E-state index is -3.92. The van der Waals surface area contributed by atoms with E-state index in [0.29, 0.717) is 0 Å². The van der Waals surface area contributed by atoms with Crippen molar-refractivity contribution in [1.82, 2.24) is 14.7 Å². The van der Waals surface area contributed by atoms with Gasteiger partial charge in [-0.2, -0.15) is 0 Å². The van der Waals surface area contributed by atoms with Crippen LogP contribution in [0, 0.1) is 0 Å². The molecule has 3 N–H and O–H groups in total. The first-order valence-corrected chi connectivity index (χ1v) is 5.76. The van der Waals surface area contributed by atoms with E-state index in [1.54, 1.807) is 0 Å². The summed E-state index contributed by atoms with van der Waals surface area (Å²) in [5, 5.41) is 0. The molecule has 1 aromatic heterocycles. The van der Waals surface area contributed by atoms with Crippen LogP contribution in [0.15, 0.2) is 20.7 Å². The Labute approximate surface area is 90.7 Å². The molecule has 0 radical (unpaired) electrons. The third kappa shape index (κ3) is 3.02. The zero-order valence-corrected chi connectivity index (χ0v) is 9.26. The Hall–Kier alpha value is -1.45. The molecule has 90 valence electrons. The number of hydrogen-bond donors (Lipinski definition) is 3. The van der Waals surface area contributed by atoms with Crippen LogP contribution in [0.4, 0.5) is 0 Å². The summed E-state index contributed by atoms with van der Waals surface area (Å²) in [6.07, 6.45) is 0.844. The van der Waals surface area contributed by atoms with Crippen LogP contribution in [0.5, 0.6) is 0 Å². The third-order valence-electron chi connectivity index (χ3n) is 1.67. The lowest BCUT2D eigenvalue weighted by molar-refractivity contribution is 0.204. The Balaban J connectivity index is 2.99. The van der Waals surface area contributed by atoms with Crippen LogP contribution in [0.3, 0.4) is 0 Å². The van der Waals surface area contributed by atoms with Crippen LogP contribution in [-0.2, 0) is 14.8 Å². The maximum atomic E-state index is 11.5. The van der Waals surface area contributed by atoms with E-state index in [4.69, 9.17) is 0 Å². The number of rotatable bonds is 5. The van der Waals surface area contributed by atoms with Crippen molar-refractivity contribution in [2.45, 2.75) is 4.90 Å². The fourth-order valence-corrected chi connectivity index (χ4v) is 1.97. The maximum absolute atomic E-state index is 11.5. The van der Waals surface area contributed by atoms with Gasteiger partial charge in [0.05, 0.1) is 6.61 Å². The molecule has 0 aliphatic heterocycles. The van der Waals surface area contributed by atoms with E-state index in [1.165, 1.54) is 7.11 Å². The van der Waals surface area contributed by atoms with Crippen LogP contribution in [-0.4, -0.2) is 38.6 Å². The molecule has 1 heterocycles. The second kappa shape index (κ2) is 5.05. The number of aromatic amines is 2. The van der Waals surface area contributed by atoms with E-state index in [2.05, 4.69) is 14.4 Å². The highest BCUT2D eigenvalue weighted by Gasteiger charge is 2.17. The fraction of sp³-hybridized carbons (Fsp3) is 0.429. The number of aromatic nitrogens is 2. The zero-order valence-electron chi connectivity index (χ0n) is 8.44. The lowest BCUT2D eigenvalue weighted by Crippen LogP contribution is -2.34. The van der Waals surface area contributed by atoms with Gasteiger partial charge >= 0.3 is 5.69 Å². The number of nitrogens with one attached hydrogen (secondary N) is 3. The molecule has 1 aromatic rings. The van der Waals surface area contributed by atoms with Gasteiger partial charge in [-0.3, -0.25) is 9.78 Å². The van der Waals surface area contributed by atoms with E-state index in [0.717, 1.165) is 6.20 Å². The number of methoxy groups -OCH3 is 1. The van der Waals surface area contributed by atoms with Gasteiger partial charge in [0.1, 0.15) is 0 Å². The Bertz CT molecular complexity index is 558. The molecule has 0 aliphatic carbocycles. The number of H-pyrrole nitrogens is 2. The molecule has 0 bridgehead atoms. The molecule has 1 rings (SSSR count). The number of hydrogen-bond acceptors (Lipinski definition) is 5. The van der Waals surface area contributed by atoms with Crippen molar-refractivity contribution in [2.75, 3.05) is 20.3 Å². The molecule has 16 heavy (non-hydrogen) atoms. The summed E-state index contributed by atoms with van der Waals surface area (Å²) in [6, 6.07) is 0. The van der Waals surface area contributed by atoms with Crippen LogP contribution in [0.2, 0.25) is 0 Å². The molecule has 0 amide bonds.